The van der Waals surface area contributed by atoms with Gasteiger partial charge in [-0.2, -0.15) is 0 Å². The summed E-state index contributed by atoms with van der Waals surface area (Å²) < 4.78 is 0. The molecule has 3 rings (SSSR count). The number of halogens is 1. The molecule has 0 aliphatic carbocycles. The lowest BCUT2D eigenvalue weighted by molar-refractivity contribution is 1.23. The Labute approximate surface area is 108 Å². The second-order valence-electron chi connectivity index (χ2n) is 3.77. The van der Waals surface area contributed by atoms with Crippen molar-refractivity contribution in [3.05, 3.63) is 47.4 Å². The Bertz CT molecular complexity index is 676. The van der Waals surface area contributed by atoms with Crippen LogP contribution in [0.25, 0.3) is 20.7 Å². The Hall–Kier alpha value is -1.45. The highest BCUT2D eigenvalue weighted by Crippen LogP contribution is 2.38. The summed E-state index contributed by atoms with van der Waals surface area (Å²) >= 11 is 7.77. The van der Waals surface area contributed by atoms with Crippen molar-refractivity contribution in [2.75, 3.05) is 0 Å². The number of nitrogens with zero attached hydrogens (tertiary/aromatic N) is 2. The van der Waals surface area contributed by atoms with E-state index in [9.17, 15) is 0 Å². The van der Waals surface area contributed by atoms with Crippen molar-refractivity contribution >= 4 is 33.2 Å². The predicted molar refractivity (Wildman–Crippen MR) is 72.6 cm³/mol. The number of benzene rings is 1. The molecule has 2 aromatic heterocycles. The van der Waals surface area contributed by atoms with E-state index in [1.54, 1.807) is 11.3 Å². The van der Waals surface area contributed by atoms with Gasteiger partial charge in [-0.25, -0.2) is 9.97 Å². The molecule has 0 saturated carbocycles. The quantitative estimate of drug-likeness (QED) is 0.609. The zero-order chi connectivity index (χ0) is 11.8. The van der Waals surface area contributed by atoms with Crippen molar-refractivity contribution in [2.45, 2.75) is 6.92 Å². The molecule has 0 N–H and O–H groups in total. The van der Waals surface area contributed by atoms with Crippen molar-refractivity contribution in [2.24, 2.45) is 0 Å². The third-order valence-corrected chi connectivity index (χ3v) is 4.25. The Balaban J connectivity index is 2.33. The van der Waals surface area contributed by atoms with Crippen LogP contribution in [0.3, 0.4) is 0 Å². The van der Waals surface area contributed by atoms with E-state index in [4.69, 9.17) is 11.6 Å². The van der Waals surface area contributed by atoms with Crippen LogP contribution in [-0.4, -0.2) is 9.97 Å². The van der Waals surface area contributed by atoms with Gasteiger partial charge in [-0.15, -0.1) is 11.3 Å². The highest BCUT2D eigenvalue weighted by Gasteiger charge is 2.13. The Morgan fingerprint density at radius 3 is 2.59 bits per heavy atom. The molecular weight excluding hydrogens is 252 g/mol. The Morgan fingerprint density at radius 1 is 1.12 bits per heavy atom. The van der Waals surface area contributed by atoms with Crippen LogP contribution in [0.2, 0.25) is 5.15 Å². The summed E-state index contributed by atoms with van der Waals surface area (Å²) in [5.74, 6) is 0. The van der Waals surface area contributed by atoms with Crippen LogP contribution in [0.4, 0.5) is 0 Å². The second kappa shape index (κ2) is 4.09. The molecule has 0 unspecified atom stereocenters. The predicted octanol–water partition coefficient (Wildman–Crippen LogP) is 4.32. The summed E-state index contributed by atoms with van der Waals surface area (Å²) in [5.41, 5.74) is 2.35. The van der Waals surface area contributed by atoms with Gasteiger partial charge in [0, 0.05) is 4.88 Å². The third-order valence-electron chi connectivity index (χ3n) is 2.72. The van der Waals surface area contributed by atoms with E-state index in [1.807, 2.05) is 18.2 Å². The number of aryl methyl sites for hydroxylation is 1. The molecule has 0 saturated heterocycles. The summed E-state index contributed by atoms with van der Waals surface area (Å²) in [5, 5.41) is 1.50. The van der Waals surface area contributed by atoms with Crippen molar-refractivity contribution in [3.8, 4) is 10.4 Å². The molecule has 84 valence electrons. The monoisotopic (exact) mass is 260 g/mol. The number of hydrogen-bond acceptors (Lipinski definition) is 3. The minimum atomic E-state index is 0.533. The van der Waals surface area contributed by atoms with Crippen LogP contribution in [0.5, 0.6) is 0 Å². The van der Waals surface area contributed by atoms with Gasteiger partial charge in [0.15, 0.2) is 0 Å². The fourth-order valence-electron chi connectivity index (χ4n) is 1.89. The maximum atomic E-state index is 6.12. The molecule has 0 aliphatic rings. The van der Waals surface area contributed by atoms with E-state index in [-0.39, 0.29) is 0 Å². The molecule has 0 atom stereocenters. The largest absolute Gasteiger partial charge is 0.225 e. The molecule has 2 nitrogen and oxygen atoms in total. The molecule has 0 spiro atoms. The highest BCUT2D eigenvalue weighted by atomic mass is 35.5. The Kier molecular flexibility index (Phi) is 2.57. The van der Waals surface area contributed by atoms with Gasteiger partial charge in [-0.3, -0.25) is 0 Å². The van der Waals surface area contributed by atoms with Gasteiger partial charge in [-0.05, 0) is 18.1 Å². The summed E-state index contributed by atoms with van der Waals surface area (Å²) in [7, 11) is 0. The zero-order valence-electron chi connectivity index (χ0n) is 9.14. The van der Waals surface area contributed by atoms with Crippen LogP contribution in [-0.2, 0) is 0 Å². The smallest absolute Gasteiger partial charge is 0.141 e. The fourth-order valence-corrected chi connectivity index (χ4v) is 3.38. The van der Waals surface area contributed by atoms with Crippen LogP contribution >= 0.6 is 22.9 Å². The normalized spacial score (nSPS) is 10.9. The van der Waals surface area contributed by atoms with Gasteiger partial charge in [0.2, 0.25) is 0 Å². The van der Waals surface area contributed by atoms with Crippen molar-refractivity contribution < 1.29 is 0 Å². The first-order valence-corrected chi connectivity index (χ1v) is 6.42. The molecule has 0 amide bonds. The van der Waals surface area contributed by atoms with Crippen molar-refractivity contribution in [1.82, 2.24) is 9.97 Å². The maximum Gasteiger partial charge on any atom is 0.141 e. The van der Waals surface area contributed by atoms with Gasteiger partial charge in [-0.1, -0.05) is 41.9 Å². The first kappa shape index (κ1) is 10.7. The van der Waals surface area contributed by atoms with Crippen LogP contribution in [0.1, 0.15) is 5.56 Å². The number of thiophene rings is 1. The highest BCUT2D eigenvalue weighted by molar-refractivity contribution is 7.22. The van der Waals surface area contributed by atoms with Crippen LogP contribution in [0.15, 0.2) is 36.7 Å². The molecule has 17 heavy (non-hydrogen) atoms. The summed E-state index contributed by atoms with van der Waals surface area (Å²) in [4.78, 5) is 10.5. The standard InChI is InChI=1S/C13H9ClN2S/c1-8-10-12(14)15-7-16-13(10)17-11(8)9-5-3-2-4-6-9/h2-7H,1H3. The Morgan fingerprint density at radius 2 is 1.88 bits per heavy atom. The van der Waals surface area contributed by atoms with Gasteiger partial charge in [0.05, 0.1) is 5.39 Å². The van der Waals surface area contributed by atoms with E-state index in [0.717, 1.165) is 15.8 Å². The lowest BCUT2D eigenvalue weighted by Crippen LogP contribution is -1.80. The van der Waals surface area contributed by atoms with Gasteiger partial charge in [0.25, 0.3) is 0 Å². The maximum absolute atomic E-state index is 6.12. The van der Waals surface area contributed by atoms with E-state index < -0.39 is 0 Å². The van der Waals surface area contributed by atoms with Gasteiger partial charge >= 0.3 is 0 Å². The summed E-state index contributed by atoms with van der Waals surface area (Å²) in [6.45, 7) is 2.07. The molecule has 4 heteroatoms. The topological polar surface area (TPSA) is 25.8 Å². The van der Waals surface area contributed by atoms with E-state index >= 15 is 0 Å². The number of rotatable bonds is 1. The molecule has 0 radical (unpaired) electrons. The van der Waals surface area contributed by atoms with Crippen molar-refractivity contribution in [3.63, 3.8) is 0 Å². The minimum Gasteiger partial charge on any atom is -0.225 e. The third kappa shape index (κ3) is 1.72. The van der Waals surface area contributed by atoms with Crippen LogP contribution < -0.4 is 0 Å². The molecule has 1 aromatic carbocycles. The van der Waals surface area contributed by atoms with E-state index in [1.165, 1.54) is 16.8 Å². The molecule has 2 heterocycles. The van der Waals surface area contributed by atoms with Crippen LogP contribution in [0, 0.1) is 6.92 Å². The number of hydrogen-bond donors (Lipinski definition) is 0. The first-order chi connectivity index (χ1) is 8.27. The average Bonchev–Trinajstić information content (AvgIpc) is 2.69. The molecule has 0 fully saturated rings. The second-order valence-corrected chi connectivity index (χ2v) is 5.12. The summed E-state index contributed by atoms with van der Waals surface area (Å²) in [6, 6.07) is 10.3. The number of aromatic nitrogens is 2. The molecule has 0 aliphatic heterocycles. The lowest BCUT2D eigenvalue weighted by atomic mass is 10.1. The average molecular weight is 261 g/mol. The molecule has 3 aromatic rings. The molecule has 0 bridgehead atoms. The van der Waals surface area contributed by atoms with Gasteiger partial charge < -0.3 is 0 Å². The van der Waals surface area contributed by atoms with Crippen molar-refractivity contribution in [1.29, 1.82) is 0 Å². The zero-order valence-corrected chi connectivity index (χ0v) is 10.7. The van der Waals surface area contributed by atoms with E-state index in [2.05, 4.69) is 29.0 Å². The molecular formula is C13H9ClN2S. The number of fused-ring (bicyclic) bond motifs is 1. The van der Waals surface area contributed by atoms with Gasteiger partial charge in [0.1, 0.15) is 16.3 Å². The lowest BCUT2D eigenvalue weighted by Gasteiger charge is -1.98. The minimum absolute atomic E-state index is 0.533. The fraction of sp³-hybridized carbons (Fsp3) is 0.0769. The SMILES string of the molecule is Cc1c(-c2ccccc2)sc2ncnc(Cl)c12. The van der Waals surface area contributed by atoms with E-state index in [0.29, 0.717) is 5.15 Å². The summed E-state index contributed by atoms with van der Waals surface area (Å²) in [6.07, 6.45) is 1.51. The first-order valence-electron chi connectivity index (χ1n) is 5.22.